The number of allylic oxidation sites excluding steroid dienone is 4. The molecule has 0 saturated carbocycles. The lowest BCUT2D eigenvalue weighted by atomic mass is 9.98. The predicted octanol–water partition coefficient (Wildman–Crippen LogP) is 4.36. The number of benzene rings is 1. The summed E-state index contributed by atoms with van der Waals surface area (Å²) < 4.78 is 0. The van der Waals surface area contributed by atoms with Crippen molar-refractivity contribution in [3.05, 3.63) is 53.6 Å². The molecule has 1 aromatic rings. The zero-order valence-corrected chi connectivity index (χ0v) is 9.25. The van der Waals surface area contributed by atoms with Gasteiger partial charge in [-0.15, -0.1) is 0 Å². The zero-order chi connectivity index (χ0) is 10.4. The minimum atomic E-state index is 1.08. The second-order valence-electron chi connectivity index (χ2n) is 3.39. The fourth-order valence-corrected chi connectivity index (χ4v) is 1.54. The topological polar surface area (TPSA) is 0 Å². The molecule has 0 spiro atoms. The highest BCUT2D eigenvalue weighted by molar-refractivity contribution is 5.69. The van der Waals surface area contributed by atoms with Gasteiger partial charge < -0.3 is 0 Å². The van der Waals surface area contributed by atoms with Gasteiger partial charge in [0.15, 0.2) is 0 Å². The Labute approximate surface area is 87.0 Å². The van der Waals surface area contributed by atoms with E-state index < -0.39 is 0 Å². The monoisotopic (exact) mass is 186 g/mol. The van der Waals surface area contributed by atoms with E-state index >= 15 is 0 Å². The first-order valence-corrected chi connectivity index (χ1v) is 5.17. The van der Waals surface area contributed by atoms with E-state index in [-0.39, 0.29) is 0 Å². The fraction of sp³-hybridized carbons (Fsp3) is 0.286. The molecule has 14 heavy (non-hydrogen) atoms. The highest BCUT2D eigenvalue weighted by Gasteiger charge is 2.00. The summed E-state index contributed by atoms with van der Waals surface area (Å²) in [7, 11) is 0. The molecule has 0 aliphatic carbocycles. The molecule has 0 nitrogen and oxygen atoms in total. The molecule has 0 amide bonds. The summed E-state index contributed by atoms with van der Waals surface area (Å²) in [6.07, 6.45) is 7.44. The summed E-state index contributed by atoms with van der Waals surface area (Å²) in [5.41, 5.74) is 4.12. The van der Waals surface area contributed by atoms with Crippen LogP contribution in [-0.2, 0) is 0 Å². The fourth-order valence-electron chi connectivity index (χ4n) is 1.54. The smallest absolute Gasteiger partial charge is 0.0195 e. The zero-order valence-electron chi connectivity index (χ0n) is 9.25. The Morgan fingerprint density at radius 1 is 1.29 bits per heavy atom. The number of aryl methyl sites for hydroxylation is 1. The van der Waals surface area contributed by atoms with Gasteiger partial charge in [0, 0.05) is 0 Å². The van der Waals surface area contributed by atoms with Gasteiger partial charge in [-0.1, -0.05) is 49.4 Å². The van der Waals surface area contributed by atoms with Crippen molar-refractivity contribution in [1.82, 2.24) is 0 Å². The minimum Gasteiger partial charge on any atom is -0.0877 e. The van der Waals surface area contributed by atoms with E-state index in [4.69, 9.17) is 0 Å². The van der Waals surface area contributed by atoms with Crippen molar-refractivity contribution < 1.29 is 0 Å². The number of hydrogen-bond donors (Lipinski definition) is 0. The first kappa shape index (κ1) is 10.8. The van der Waals surface area contributed by atoms with E-state index in [2.05, 4.69) is 56.3 Å². The summed E-state index contributed by atoms with van der Waals surface area (Å²) in [5.74, 6) is 0. The Bertz CT molecular complexity index is 343. The van der Waals surface area contributed by atoms with Crippen LogP contribution in [0.1, 0.15) is 31.4 Å². The Morgan fingerprint density at radius 2 is 2.00 bits per heavy atom. The Morgan fingerprint density at radius 3 is 2.57 bits per heavy atom. The quantitative estimate of drug-likeness (QED) is 0.615. The Hall–Kier alpha value is -1.30. The van der Waals surface area contributed by atoms with E-state index in [0.717, 1.165) is 6.42 Å². The molecule has 0 N–H and O–H groups in total. The number of hydrogen-bond acceptors (Lipinski definition) is 0. The predicted molar refractivity (Wildman–Crippen MR) is 64.3 cm³/mol. The molecular formula is C14H18. The third-order valence-corrected chi connectivity index (χ3v) is 2.36. The molecule has 1 aromatic carbocycles. The van der Waals surface area contributed by atoms with E-state index in [0.29, 0.717) is 0 Å². The van der Waals surface area contributed by atoms with E-state index in [1.165, 1.54) is 16.7 Å². The van der Waals surface area contributed by atoms with Crippen LogP contribution in [0.25, 0.3) is 5.57 Å². The van der Waals surface area contributed by atoms with Gasteiger partial charge in [0.2, 0.25) is 0 Å². The lowest BCUT2D eigenvalue weighted by molar-refractivity contribution is 1.22. The highest BCUT2D eigenvalue weighted by Crippen LogP contribution is 2.21. The van der Waals surface area contributed by atoms with Crippen LogP contribution in [0, 0.1) is 6.92 Å². The van der Waals surface area contributed by atoms with Crippen LogP contribution in [0.2, 0.25) is 0 Å². The minimum absolute atomic E-state index is 1.08. The molecule has 0 unspecified atom stereocenters. The van der Waals surface area contributed by atoms with Gasteiger partial charge in [-0.2, -0.15) is 0 Å². The molecule has 0 atom stereocenters. The normalized spacial score (nSPS) is 12.4. The third-order valence-electron chi connectivity index (χ3n) is 2.36. The van der Waals surface area contributed by atoms with Crippen LogP contribution in [0.4, 0.5) is 0 Å². The molecule has 0 saturated heterocycles. The molecule has 0 aliphatic heterocycles. The molecule has 0 heterocycles. The summed E-state index contributed by atoms with van der Waals surface area (Å²) in [5, 5.41) is 0. The van der Waals surface area contributed by atoms with Crippen LogP contribution in [0.3, 0.4) is 0 Å². The molecule has 0 heteroatoms. The van der Waals surface area contributed by atoms with Gasteiger partial charge >= 0.3 is 0 Å². The van der Waals surface area contributed by atoms with Gasteiger partial charge in [-0.25, -0.2) is 0 Å². The van der Waals surface area contributed by atoms with Crippen molar-refractivity contribution in [2.45, 2.75) is 27.2 Å². The van der Waals surface area contributed by atoms with Gasteiger partial charge in [-0.3, -0.25) is 0 Å². The van der Waals surface area contributed by atoms with Crippen molar-refractivity contribution >= 4 is 5.57 Å². The van der Waals surface area contributed by atoms with Crippen molar-refractivity contribution in [2.24, 2.45) is 0 Å². The second kappa shape index (κ2) is 5.43. The van der Waals surface area contributed by atoms with Crippen molar-refractivity contribution in [1.29, 1.82) is 0 Å². The van der Waals surface area contributed by atoms with Gasteiger partial charge in [-0.05, 0) is 37.0 Å². The van der Waals surface area contributed by atoms with Crippen LogP contribution in [0.15, 0.2) is 42.5 Å². The van der Waals surface area contributed by atoms with Crippen LogP contribution in [0.5, 0.6) is 0 Å². The first-order valence-electron chi connectivity index (χ1n) is 5.17. The third kappa shape index (κ3) is 2.59. The standard InChI is InChI=1S/C14H18/c1-4-6-10-13(5-2)14-11-8-7-9-12(14)3/h4,6-11H,5H2,1-3H3. The Balaban J connectivity index is 3.07. The average Bonchev–Trinajstić information content (AvgIpc) is 2.21. The van der Waals surface area contributed by atoms with Crippen molar-refractivity contribution in [3.8, 4) is 0 Å². The average molecular weight is 186 g/mol. The first-order chi connectivity index (χ1) is 6.79. The molecule has 0 fully saturated rings. The van der Waals surface area contributed by atoms with E-state index in [1.807, 2.05) is 6.92 Å². The van der Waals surface area contributed by atoms with Crippen molar-refractivity contribution in [2.75, 3.05) is 0 Å². The summed E-state index contributed by atoms with van der Waals surface area (Å²) in [6.45, 7) is 6.40. The second-order valence-corrected chi connectivity index (χ2v) is 3.39. The maximum atomic E-state index is 2.20. The molecule has 1 rings (SSSR count). The van der Waals surface area contributed by atoms with Gasteiger partial charge in [0.1, 0.15) is 0 Å². The summed E-state index contributed by atoms with van der Waals surface area (Å²) in [4.78, 5) is 0. The van der Waals surface area contributed by atoms with Crippen LogP contribution < -0.4 is 0 Å². The molecule has 0 aliphatic rings. The summed E-state index contributed by atoms with van der Waals surface area (Å²) in [6, 6.07) is 8.53. The van der Waals surface area contributed by atoms with Gasteiger partial charge in [0.05, 0.1) is 0 Å². The SMILES string of the molecule is CC=CC=C(CC)c1ccccc1C. The van der Waals surface area contributed by atoms with Crippen molar-refractivity contribution in [3.63, 3.8) is 0 Å². The van der Waals surface area contributed by atoms with E-state index in [1.54, 1.807) is 0 Å². The largest absolute Gasteiger partial charge is 0.0877 e. The number of rotatable bonds is 3. The molecule has 0 radical (unpaired) electrons. The molecular weight excluding hydrogens is 168 g/mol. The highest BCUT2D eigenvalue weighted by atomic mass is 14.0. The van der Waals surface area contributed by atoms with E-state index in [9.17, 15) is 0 Å². The van der Waals surface area contributed by atoms with Crippen LogP contribution >= 0.6 is 0 Å². The van der Waals surface area contributed by atoms with Gasteiger partial charge in [0.25, 0.3) is 0 Å². The Kier molecular flexibility index (Phi) is 4.18. The maximum absolute atomic E-state index is 2.20. The lowest BCUT2D eigenvalue weighted by Crippen LogP contribution is -1.86. The summed E-state index contributed by atoms with van der Waals surface area (Å²) >= 11 is 0. The molecule has 74 valence electrons. The molecule has 0 aromatic heterocycles. The molecule has 0 bridgehead atoms. The van der Waals surface area contributed by atoms with Crippen LogP contribution in [-0.4, -0.2) is 0 Å². The lowest BCUT2D eigenvalue weighted by Gasteiger charge is -2.07. The maximum Gasteiger partial charge on any atom is -0.0195 e.